The normalized spacial score (nSPS) is 17.4. The molecule has 2 rings (SSSR count). The van der Waals surface area contributed by atoms with Gasteiger partial charge in [0.1, 0.15) is 0 Å². The van der Waals surface area contributed by atoms with Crippen LogP contribution in [0.3, 0.4) is 0 Å². The van der Waals surface area contributed by atoms with Crippen molar-refractivity contribution in [1.29, 1.82) is 0 Å². The third-order valence-electron chi connectivity index (χ3n) is 3.51. The lowest BCUT2D eigenvalue weighted by atomic mass is 10.1. The number of rotatable bonds is 4. The summed E-state index contributed by atoms with van der Waals surface area (Å²) in [5.74, 6) is 0. The molecule has 17 heavy (non-hydrogen) atoms. The Morgan fingerprint density at radius 3 is 2.71 bits per heavy atom. The summed E-state index contributed by atoms with van der Waals surface area (Å²) in [7, 11) is 2.19. The Balaban J connectivity index is 2.00. The Morgan fingerprint density at radius 2 is 2.00 bits per heavy atom. The van der Waals surface area contributed by atoms with Gasteiger partial charge in [0.25, 0.3) is 0 Å². The van der Waals surface area contributed by atoms with E-state index in [1.54, 1.807) is 0 Å². The van der Waals surface area contributed by atoms with E-state index in [0.717, 1.165) is 26.2 Å². The zero-order valence-electron chi connectivity index (χ0n) is 11.1. The summed E-state index contributed by atoms with van der Waals surface area (Å²) in [6, 6.07) is 9.98. The Hall–Kier alpha value is -1.02. The summed E-state index contributed by atoms with van der Waals surface area (Å²) >= 11 is 0. The summed E-state index contributed by atoms with van der Waals surface area (Å²) in [5, 5.41) is 0. The molecule has 2 nitrogen and oxygen atoms in total. The van der Waals surface area contributed by atoms with Crippen LogP contribution in [0.2, 0.25) is 0 Å². The maximum Gasteiger partial charge on any atom is 0.0450 e. The van der Waals surface area contributed by atoms with Crippen molar-refractivity contribution >= 4 is 5.69 Å². The van der Waals surface area contributed by atoms with E-state index in [2.05, 4.69) is 48.0 Å². The largest absolute Gasteiger partial charge is 0.368 e. The van der Waals surface area contributed by atoms with Crippen molar-refractivity contribution in [2.75, 3.05) is 38.1 Å². The van der Waals surface area contributed by atoms with Gasteiger partial charge >= 0.3 is 0 Å². The van der Waals surface area contributed by atoms with Gasteiger partial charge in [-0.15, -0.1) is 0 Å². The predicted octanol–water partition coefficient (Wildman–Crippen LogP) is 2.58. The maximum atomic E-state index is 3.38. The smallest absolute Gasteiger partial charge is 0.0450 e. The second-order valence-corrected chi connectivity index (χ2v) is 4.98. The van der Waals surface area contributed by atoms with Crippen molar-refractivity contribution in [2.24, 2.45) is 0 Å². The summed E-state index contributed by atoms with van der Waals surface area (Å²) in [6.45, 7) is 6.82. The predicted molar refractivity (Wildman–Crippen MR) is 73.6 cm³/mol. The van der Waals surface area contributed by atoms with Gasteiger partial charge in [0.05, 0.1) is 0 Å². The molecule has 0 saturated carbocycles. The number of likely N-dealkylation sites (N-methyl/N-ethyl adjacent to an activating group) is 1. The van der Waals surface area contributed by atoms with E-state index in [4.69, 9.17) is 0 Å². The van der Waals surface area contributed by atoms with Gasteiger partial charge < -0.3 is 9.80 Å². The number of nitrogens with zero attached hydrogens (tertiary/aromatic N) is 2. The SMILES string of the molecule is CCCCc1cc[c]c(N2CCN(C)CC2)c1. The highest BCUT2D eigenvalue weighted by molar-refractivity contribution is 5.48. The molecule has 1 heterocycles. The first kappa shape index (κ1) is 12.4. The molecule has 0 unspecified atom stereocenters. The summed E-state index contributed by atoms with van der Waals surface area (Å²) in [6.07, 6.45) is 3.75. The van der Waals surface area contributed by atoms with Gasteiger partial charge in [-0.25, -0.2) is 0 Å². The zero-order valence-corrected chi connectivity index (χ0v) is 11.1. The van der Waals surface area contributed by atoms with Crippen LogP contribution in [-0.4, -0.2) is 38.1 Å². The maximum absolute atomic E-state index is 3.38. The molecule has 93 valence electrons. The van der Waals surface area contributed by atoms with E-state index in [-0.39, 0.29) is 0 Å². The number of anilines is 1. The van der Waals surface area contributed by atoms with Gasteiger partial charge in [-0.05, 0) is 31.5 Å². The van der Waals surface area contributed by atoms with Crippen molar-refractivity contribution in [3.05, 3.63) is 29.8 Å². The van der Waals surface area contributed by atoms with Gasteiger partial charge in [0, 0.05) is 37.9 Å². The highest BCUT2D eigenvalue weighted by Gasteiger charge is 2.14. The van der Waals surface area contributed by atoms with E-state index in [1.807, 2.05) is 0 Å². The number of piperazine rings is 1. The van der Waals surface area contributed by atoms with E-state index >= 15 is 0 Å². The molecule has 1 aliphatic heterocycles. The second kappa shape index (κ2) is 6.06. The van der Waals surface area contributed by atoms with Crippen LogP contribution >= 0.6 is 0 Å². The first-order chi connectivity index (χ1) is 8.29. The lowest BCUT2D eigenvalue weighted by Gasteiger charge is -2.34. The first-order valence-corrected chi connectivity index (χ1v) is 6.73. The molecular formula is C15H23N2. The van der Waals surface area contributed by atoms with Crippen LogP contribution in [0.1, 0.15) is 25.3 Å². The summed E-state index contributed by atoms with van der Waals surface area (Å²) < 4.78 is 0. The fourth-order valence-electron chi connectivity index (χ4n) is 2.27. The second-order valence-electron chi connectivity index (χ2n) is 4.98. The van der Waals surface area contributed by atoms with Gasteiger partial charge in [0.15, 0.2) is 0 Å². The molecule has 0 aliphatic carbocycles. The molecule has 0 aromatic heterocycles. The number of aryl methyl sites for hydroxylation is 1. The van der Waals surface area contributed by atoms with Crippen LogP contribution in [0.4, 0.5) is 5.69 Å². The molecule has 1 aromatic rings. The van der Waals surface area contributed by atoms with Gasteiger partial charge in [-0.2, -0.15) is 0 Å². The van der Waals surface area contributed by atoms with E-state index in [9.17, 15) is 0 Å². The Kier molecular flexibility index (Phi) is 4.43. The minimum atomic E-state index is 1.13. The monoisotopic (exact) mass is 231 g/mol. The zero-order chi connectivity index (χ0) is 12.1. The van der Waals surface area contributed by atoms with Gasteiger partial charge in [-0.1, -0.05) is 25.5 Å². The molecule has 0 bridgehead atoms. The van der Waals surface area contributed by atoms with Crippen LogP contribution in [0.5, 0.6) is 0 Å². The van der Waals surface area contributed by atoms with Crippen LogP contribution in [-0.2, 0) is 6.42 Å². The molecule has 1 radical (unpaired) electrons. The number of benzene rings is 1. The lowest BCUT2D eigenvalue weighted by Crippen LogP contribution is -2.44. The van der Waals surface area contributed by atoms with Crippen molar-refractivity contribution in [3.63, 3.8) is 0 Å². The third kappa shape index (κ3) is 3.47. The van der Waals surface area contributed by atoms with Crippen molar-refractivity contribution < 1.29 is 0 Å². The molecule has 2 heteroatoms. The molecule has 1 aromatic carbocycles. The average molecular weight is 231 g/mol. The number of unbranched alkanes of at least 4 members (excludes halogenated alkanes) is 1. The fraction of sp³-hybridized carbons (Fsp3) is 0.600. The molecule has 0 N–H and O–H groups in total. The fourth-order valence-corrected chi connectivity index (χ4v) is 2.27. The quantitative estimate of drug-likeness (QED) is 0.786. The molecule has 1 saturated heterocycles. The molecular weight excluding hydrogens is 208 g/mol. The van der Waals surface area contributed by atoms with E-state index in [0.29, 0.717) is 0 Å². The molecule has 0 atom stereocenters. The van der Waals surface area contributed by atoms with Crippen LogP contribution < -0.4 is 4.90 Å². The minimum absolute atomic E-state index is 1.13. The van der Waals surface area contributed by atoms with Crippen molar-refractivity contribution in [1.82, 2.24) is 4.90 Å². The summed E-state index contributed by atoms with van der Waals surface area (Å²) in [5.41, 5.74) is 2.74. The Bertz CT molecular complexity index is 341. The molecule has 1 aliphatic rings. The molecule has 0 spiro atoms. The topological polar surface area (TPSA) is 6.48 Å². The van der Waals surface area contributed by atoms with Crippen LogP contribution in [0.15, 0.2) is 18.2 Å². The number of hydrogen-bond acceptors (Lipinski definition) is 2. The van der Waals surface area contributed by atoms with Crippen LogP contribution in [0, 0.1) is 6.07 Å². The third-order valence-corrected chi connectivity index (χ3v) is 3.51. The van der Waals surface area contributed by atoms with Crippen LogP contribution in [0.25, 0.3) is 0 Å². The molecule has 0 amide bonds. The van der Waals surface area contributed by atoms with Gasteiger partial charge in [0.2, 0.25) is 0 Å². The van der Waals surface area contributed by atoms with Crippen molar-refractivity contribution in [3.8, 4) is 0 Å². The number of hydrogen-bond donors (Lipinski definition) is 0. The Labute approximate surface area is 105 Å². The van der Waals surface area contributed by atoms with Gasteiger partial charge in [-0.3, -0.25) is 0 Å². The standard InChI is InChI=1S/C15H23N2/c1-3-4-6-14-7-5-8-15(13-14)17-11-9-16(2)10-12-17/h5,7,13H,3-4,6,9-12H2,1-2H3. The lowest BCUT2D eigenvalue weighted by molar-refractivity contribution is 0.313. The highest BCUT2D eigenvalue weighted by Crippen LogP contribution is 2.18. The van der Waals surface area contributed by atoms with E-state index in [1.165, 1.54) is 30.5 Å². The Morgan fingerprint density at radius 1 is 1.24 bits per heavy atom. The average Bonchev–Trinajstić information content (AvgIpc) is 2.37. The van der Waals surface area contributed by atoms with Crippen molar-refractivity contribution in [2.45, 2.75) is 26.2 Å². The molecule has 1 fully saturated rings. The minimum Gasteiger partial charge on any atom is -0.368 e. The summed E-state index contributed by atoms with van der Waals surface area (Å²) in [4.78, 5) is 4.84. The first-order valence-electron chi connectivity index (χ1n) is 6.73. The van der Waals surface area contributed by atoms with E-state index < -0.39 is 0 Å². The highest BCUT2D eigenvalue weighted by atomic mass is 15.2.